The molecule has 0 aliphatic carbocycles. The van der Waals surface area contributed by atoms with E-state index in [4.69, 9.17) is 21.3 Å². The molecule has 0 saturated heterocycles. The smallest absolute Gasteiger partial charge is 0.407 e. The summed E-state index contributed by atoms with van der Waals surface area (Å²) in [6.45, 7) is 1.98. The molecule has 24 heavy (non-hydrogen) atoms. The molecule has 0 bridgehead atoms. The monoisotopic (exact) mass is 343 g/mol. The summed E-state index contributed by atoms with van der Waals surface area (Å²) in [6, 6.07) is 15.2. The van der Waals surface area contributed by atoms with Gasteiger partial charge in [-0.25, -0.2) is 9.78 Å². The van der Waals surface area contributed by atoms with Crippen LogP contribution < -0.4 is 5.32 Å². The van der Waals surface area contributed by atoms with Crippen LogP contribution in [0.15, 0.2) is 48.5 Å². The van der Waals surface area contributed by atoms with E-state index in [0.717, 1.165) is 22.5 Å². The second-order valence-electron chi connectivity index (χ2n) is 5.35. The van der Waals surface area contributed by atoms with Gasteiger partial charge in [-0.15, -0.1) is 0 Å². The number of aromatic nitrogens is 2. The molecule has 5 nitrogen and oxygen atoms in total. The van der Waals surface area contributed by atoms with Crippen molar-refractivity contribution >= 4 is 28.7 Å². The second kappa shape index (κ2) is 6.93. The number of para-hydroxylation sites is 2. The first-order valence-electron chi connectivity index (χ1n) is 7.72. The van der Waals surface area contributed by atoms with Gasteiger partial charge in [0.25, 0.3) is 0 Å². The number of alkyl carbamates (subject to hydrolysis) is 1. The van der Waals surface area contributed by atoms with Crippen molar-refractivity contribution in [3.8, 4) is 5.69 Å². The number of ether oxygens (including phenoxy) is 1. The summed E-state index contributed by atoms with van der Waals surface area (Å²) >= 11 is 6.43. The Labute approximate surface area is 145 Å². The molecular formula is C18H18ClN3O2. The summed E-state index contributed by atoms with van der Waals surface area (Å²) in [4.78, 5) is 16.4. The fourth-order valence-electron chi connectivity index (χ4n) is 2.73. The van der Waals surface area contributed by atoms with Crippen molar-refractivity contribution < 1.29 is 9.53 Å². The molecule has 0 aliphatic rings. The molecule has 1 N–H and O–H groups in total. The topological polar surface area (TPSA) is 56.1 Å². The molecule has 124 valence electrons. The van der Waals surface area contributed by atoms with E-state index in [0.29, 0.717) is 11.4 Å². The highest BCUT2D eigenvalue weighted by atomic mass is 35.5. The molecule has 1 aromatic heterocycles. The molecule has 1 heterocycles. The molecule has 0 radical (unpaired) electrons. The van der Waals surface area contributed by atoms with Crippen LogP contribution in [0.25, 0.3) is 16.7 Å². The van der Waals surface area contributed by atoms with Crippen molar-refractivity contribution in [2.45, 2.75) is 19.4 Å². The van der Waals surface area contributed by atoms with E-state index in [1.54, 1.807) is 0 Å². The Morgan fingerprint density at radius 3 is 2.67 bits per heavy atom. The van der Waals surface area contributed by atoms with Gasteiger partial charge in [-0.2, -0.15) is 0 Å². The van der Waals surface area contributed by atoms with Crippen molar-refractivity contribution in [3.05, 3.63) is 59.4 Å². The average Bonchev–Trinajstić information content (AvgIpc) is 3.01. The van der Waals surface area contributed by atoms with Gasteiger partial charge in [-0.1, -0.05) is 42.8 Å². The number of nitrogens with one attached hydrogen (secondary N) is 1. The molecule has 3 aromatic rings. The minimum absolute atomic E-state index is 0.291. The minimum Gasteiger partial charge on any atom is -0.453 e. The Morgan fingerprint density at radius 1 is 1.25 bits per heavy atom. The fourth-order valence-corrected chi connectivity index (χ4v) is 2.98. The largest absolute Gasteiger partial charge is 0.453 e. The maximum Gasteiger partial charge on any atom is 0.407 e. The third kappa shape index (κ3) is 2.95. The summed E-state index contributed by atoms with van der Waals surface area (Å²) in [5.74, 6) is 0.720. The zero-order chi connectivity index (χ0) is 17.1. The van der Waals surface area contributed by atoms with Crippen molar-refractivity contribution in [2.75, 3.05) is 7.11 Å². The molecule has 0 saturated carbocycles. The van der Waals surface area contributed by atoms with Crippen molar-refractivity contribution in [1.29, 1.82) is 0 Å². The van der Waals surface area contributed by atoms with Crippen LogP contribution in [0.2, 0.25) is 5.02 Å². The van der Waals surface area contributed by atoms with E-state index in [2.05, 4.69) is 5.32 Å². The van der Waals surface area contributed by atoms with Crippen LogP contribution in [0.4, 0.5) is 4.79 Å². The van der Waals surface area contributed by atoms with Gasteiger partial charge < -0.3 is 10.1 Å². The Balaban J connectivity index is 2.23. The lowest BCUT2D eigenvalue weighted by Gasteiger charge is -2.18. The Bertz CT molecular complexity index is 861. The third-order valence-electron chi connectivity index (χ3n) is 3.86. The number of methoxy groups -OCH3 is 1. The maximum atomic E-state index is 11.7. The van der Waals surface area contributed by atoms with Crippen LogP contribution >= 0.6 is 11.6 Å². The number of hydrogen-bond donors (Lipinski definition) is 1. The van der Waals surface area contributed by atoms with Gasteiger partial charge in [0.2, 0.25) is 0 Å². The zero-order valence-electron chi connectivity index (χ0n) is 13.5. The van der Waals surface area contributed by atoms with E-state index >= 15 is 0 Å². The number of imidazole rings is 1. The van der Waals surface area contributed by atoms with Crippen LogP contribution in [-0.2, 0) is 4.74 Å². The first-order valence-corrected chi connectivity index (χ1v) is 8.10. The van der Waals surface area contributed by atoms with Crippen molar-refractivity contribution in [1.82, 2.24) is 14.9 Å². The molecule has 1 amide bonds. The average molecular weight is 344 g/mol. The quantitative estimate of drug-likeness (QED) is 0.759. The van der Waals surface area contributed by atoms with Gasteiger partial charge in [0, 0.05) is 5.69 Å². The van der Waals surface area contributed by atoms with E-state index in [9.17, 15) is 4.79 Å². The van der Waals surface area contributed by atoms with E-state index in [1.165, 1.54) is 7.11 Å². The molecule has 6 heteroatoms. The Morgan fingerprint density at radius 2 is 2.00 bits per heavy atom. The molecule has 1 unspecified atom stereocenters. The molecule has 0 spiro atoms. The molecular weight excluding hydrogens is 326 g/mol. The van der Waals surface area contributed by atoms with Gasteiger partial charge in [0.15, 0.2) is 0 Å². The van der Waals surface area contributed by atoms with Crippen molar-refractivity contribution in [3.63, 3.8) is 0 Å². The first-order chi connectivity index (χ1) is 11.7. The SMILES string of the molecule is CCC(NC(=O)OC)c1nc2cccc(Cl)c2n1-c1ccccc1. The second-order valence-corrected chi connectivity index (χ2v) is 5.75. The Kier molecular flexibility index (Phi) is 4.71. The predicted octanol–water partition coefficient (Wildman–Crippen LogP) is 4.49. The van der Waals surface area contributed by atoms with Gasteiger partial charge in [0.05, 0.1) is 29.2 Å². The van der Waals surface area contributed by atoms with Crippen LogP contribution in [0, 0.1) is 0 Å². The zero-order valence-corrected chi connectivity index (χ0v) is 14.2. The number of hydrogen-bond acceptors (Lipinski definition) is 3. The van der Waals surface area contributed by atoms with Crippen LogP contribution in [-0.4, -0.2) is 22.8 Å². The third-order valence-corrected chi connectivity index (χ3v) is 4.17. The number of nitrogens with zero attached hydrogens (tertiary/aromatic N) is 2. The molecule has 0 fully saturated rings. The summed E-state index contributed by atoms with van der Waals surface area (Å²) < 4.78 is 6.72. The van der Waals surface area contributed by atoms with Crippen molar-refractivity contribution in [2.24, 2.45) is 0 Å². The number of benzene rings is 2. The number of carbonyl (C=O) groups excluding carboxylic acids is 1. The normalized spacial score (nSPS) is 12.1. The highest BCUT2D eigenvalue weighted by molar-refractivity contribution is 6.35. The van der Waals surface area contributed by atoms with Crippen LogP contribution in [0.3, 0.4) is 0 Å². The first kappa shape index (κ1) is 16.3. The number of carbonyl (C=O) groups is 1. The van der Waals surface area contributed by atoms with Crippen LogP contribution in [0.5, 0.6) is 0 Å². The lowest BCUT2D eigenvalue weighted by atomic mass is 10.2. The van der Waals surface area contributed by atoms with E-state index in [-0.39, 0.29) is 6.04 Å². The molecule has 3 rings (SSSR count). The van der Waals surface area contributed by atoms with Gasteiger partial charge >= 0.3 is 6.09 Å². The highest BCUT2D eigenvalue weighted by Gasteiger charge is 2.23. The Hall–Kier alpha value is -2.53. The molecule has 0 aliphatic heterocycles. The number of halogens is 1. The minimum atomic E-state index is -0.486. The lowest BCUT2D eigenvalue weighted by Crippen LogP contribution is -2.29. The standard InChI is InChI=1S/C18H18ClN3O2/c1-3-14(21-18(23)24-2)17-20-15-11-7-10-13(19)16(15)22(17)12-8-5-4-6-9-12/h4-11,14H,3H2,1-2H3,(H,21,23). The summed E-state index contributed by atoms with van der Waals surface area (Å²) in [5.41, 5.74) is 2.55. The summed E-state index contributed by atoms with van der Waals surface area (Å²) in [5, 5.41) is 3.45. The number of rotatable bonds is 4. The van der Waals surface area contributed by atoms with Gasteiger partial charge in [-0.05, 0) is 30.7 Å². The number of amides is 1. The number of fused-ring (bicyclic) bond motifs is 1. The fraction of sp³-hybridized carbons (Fsp3) is 0.222. The summed E-state index contributed by atoms with van der Waals surface area (Å²) in [6.07, 6.45) is 0.183. The molecule has 1 atom stereocenters. The van der Waals surface area contributed by atoms with Gasteiger partial charge in [0.1, 0.15) is 5.82 Å². The molecule has 2 aromatic carbocycles. The van der Waals surface area contributed by atoms with E-state index < -0.39 is 6.09 Å². The lowest BCUT2D eigenvalue weighted by molar-refractivity contribution is 0.165. The van der Waals surface area contributed by atoms with E-state index in [1.807, 2.05) is 60.0 Å². The van der Waals surface area contributed by atoms with Gasteiger partial charge in [-0.3, -0.25) is 4.57 Å². The van der Waals surface area contributed by atoms with Crippen LogP contribution in [0.1, 0.15) is 25.2 Å². The summed E-state index contributed by atoms with van der Waals surface area (Å²) in [7, 11) is 1.35. The predicted molar refractivity (Wildman–Crippen MR) is 94.7 cm³/mol. The maximum absolute atomic E-state index is 11.7. The highest BCUT2D eigenvalue weighted by Crippen LogP contribution is 2.31.